The summed E-state index contributed by atoms with van der Waals surface area (Å²) in [6.45, 7) is 2.69. The molecule has 1 aromatic heterocycles. The van der Waals surface area contributed by atoms with E-state index in [4.69, 9.17) is 4.74 Å². The molecule has 38 heavy (non-hydrogen) atoms. The molecule has 0 radical (unpaired) electrons. The lowest BCUT2D eigenvalue weighted by atomic mass is 9.87. The number of hydrogen-bond donors (Lipinski definition) is 2. The van der Waals surface area contributed by atoms with Crippen LogP contribution in [0.1, 0.15) is 34.1 Å². The predicted molar refractivity (Wildman–Crippen MR) is 144 cm³/mol. The molecule has 2 aliphatic heterocycles. The zero-order chi connectivity index (χ0) is 26.4. The van der Waals surface area contributed by atoms with Crippen molar-refractivity contribution in [2.45, 2.75) is 25.3 Å². The van der Waals surface area contributed by atoms with Gasteiger partial charge in [-0.1, -0.05) is 36.4 Å². The van der Waals surface area contributed by atoms with Crippen molar-refractivity contribution in [2.24, 2.45) is 0 Å². The van der Waals surface area contributed by atoms with Crippen molar-refractivity contribution < 1.29 is 19.1 Å². The molecular weight excluding hydrogens is 480 g/mol. The van der Waals surface area contributed by atoms with Crippen LogP contribution in [0.4, 0.5) is 10.5 Å². The second kappa shape index (κ2) is 9.06. The SMILES string of the molecule is COc1ccc(CCNC(=O)c2cccc(N3C(=O)N4CCc5c([nH]c6ccccc56)C4(C)C3=O)c2)cc1. The highest BCUT2D eigenvalue weighted by molar-refractivity contribution is 6.24. The van der Waals surface area contributed by atoms with Crippen molar-refractivity contribution >= 4 is 34.4 Å². The number of amides is 4. The molecule has 1 fully saturated rings. The Morgan fingerprint density at radius 2 is 1.84 bits per heavy atom. The zero-order valence-corrected chi connectivity index (χ0v) is 21.3. The van der Waals surface area contributed by atoms with Crippen molar-refractivity contribution in [1.82, 2.24) is 15.2 Å². The number of ether oxygens (including phenoxy) is 1. The van der Waals surface area contributed by atoms with Crippen LogP contribution in [-0.2, 0) is 23.2 Å². The molecule has 4 aromatic rings. The Bertz CT molecular complexity index is 1570. The van der Waals surface area contributed by atoms with Crippen LogP contribution in [0.25, 0.3) is 10.9 Å². The first-order valence-corrected chi connectivity index (χ1v) is 12.7. The predicted octanol–water partition coefficient (Wildman–Crippen LogP) is 4.39. The summed E-state index contributed by atoms with van der Waals surface area (Å²) in [6.07, 6.45) is 1.33. The van der Waals surface area contributed by atoms with Gasteiger partial charge in [0, 0.05) is 29.6 Å². The van der Waals surface area contributed by atoms with Crippen LogP contribution in [0.2, 0.25) is 0 Å². The van der Waals surface area contributed by atoms with Gasteiger partial charge in [-0.25, -0.2) is 9.69 Å². The van der Waals surface area contributed by atoms with Crippen molar-refractivity contribution in [3.05, 3.63) is 95.2 Å². The van der Waals surface area contributed by atoms with E-state index in [1.165, 1.54) is 4.90 Å². The van der Waals surface area contributed by atoms with Crippen LogP contribution in [-0.4, -0.2) is 47.9 Å². The summed E-state index contributed by atoms with van der Waals surface area (Å²) in [5.41, 5.74) is 3.50. The molecule has 6 rings (SSSR count). The molecular formula is C30H28N4O4. The van der Waals surface area contributed by atoms with Crippen LogP contribution < -0.4 is 15.0 Å². The number of hydrogen-bond acceptors (Lipinski definition) is 4. The van der Waals surface area contributed by atoms with E-state index in [1.807, 2.05) is 48.5 Å². The summed E-state index contributed by atoms with van der Waals surface area (Å²) in [6, 6.07) is 22.0. The van der Waals surface area contributed by atoms with E-state index in [9.17, 15) is 14.4 Å². The maximum Gasteiger partial charge on any atom is 0.332 e. The number of urea groups is 1. The molecule has 1 unspecified atom stereocenters. The van der Waals surface area contributed by atoms with Gasteiger partial charge in [0.05, 0.1) is 18.5 Å². The van der Waals surface area contributed by atoms with E-state index in [0.717, 1.165) is 33.5 Å². The van der Waals surface area contributed by atoms with Gasteiger partial charge in [-0.2, -0.15) is 0 Å². The molecule has 0 spiro atoms. The van der Waals surface area contributed by atoms with Gasteiger partial charge in [0.25, 0.3) is 11.8 Å². The molecule has 3 heterocycles. The summed E-state index contributed by atoms with van der Waals surface area (Å²) in [5.74, 6) is 0.194. The third kappa shape index (κ3) is 3.63. The van der Waals surface area contributed by atoms with Crippen molar-refractivity contribution in [3.63, 3.8) is 0 Å². The molecule has 0 bridgehead atoms. The van der Waals surface area contributed by atoms with Crippen molar-refractivity contribution in [3.8, 4) is 5.75 Å². The highest BCUT2D eigenvalue weighted by Gasteiger charge is 2.59. The maximum atomic E-state index is 13.9. The van der Waals surface area contributed by atoms with Gasteiger partial charge >= 0.3 is 6.03 Å². The number of imide groups is 1. The third-order valence-corrected chi connectivity index (χ3v) is 7.69. The zero-order valence-electron chi connectivity index (χ0n) is 21.3. The highest BCUT2D eigenvalue weighted by atomic mass is 16.5. The molecule has 3 aromatic carbocycles. The summed E-state index contributed by atoms with van der Waals surface area (Å²) in [5, 5.41) is 4.01. The second-order valence-electron chi connectivity index (χ2n) is 9.83. The molecule has 1 saturated heterocycles. The Hall–Kier alpha value is -4.59. The van der Waals surface area contributed by atoms with Gasteiger partial charge < -0.3 is 19.9 Å². The minimum absolute atomic E-state index is 0.263. The van der Waals surface area contributed by atoms with Crippen LogP contribution >= 0.6 is 0 Å². The molecule has 2 N–H and O–H groups in total. The number of carbonyl (C=O) groups excluding carboxylic acids is 3. The number of nitrogens with zero attached hydrogens (tertiary/aromatic N) is 2. The number of anilines is 1. The van der Waals surface area contributed by atoms with Crippen LogP contribution in [0.15, 0.2) is 72.8 Å². The minimum Gasteiger partial charge on any atom is -0.497 e. The molecule has 1 atom stereocenters. The monoisotopic (exact) mass is 508 g/mol. The second-order valence-corrected chi connectivity index (χ2v) is 9.83. The Morgan fingerprint density at radius 3 is 2.63 bits per heavy atom. The number of carbonyl (C=O) groups is 3. The fraction of sp³-hybridized carbons (Fsp3) is 0.233. The number of benzene rings is 3. The summed E-state index contributed by atoms with van der Waals surface area (Å²) in [4.78, 5) is 46.6. The van der Waals surface area contributed by atoms with Gasteiger partial charge in [0.15, 0.2) is 5.54 Å². The van der Waals surface area contributed by atoms with Gasteiger partial charge in [-0.05, 0) is 67.3 Å². The lowest BCUT2D eigenvalue weighted by molar-refractivity contribution is -0.125. The van der Waals surface area contributed by atoms with Crippen molar-refractivity contribution in [2.75, 3.05) is 25.1 Å². The Labute approximate surface area is 220 Å². The molecule has 0 saturated carbocycles. The average molecular weight is 509 g/mol. The van der Waals surface area contributed by atoms with Gasteiger partial charge in [0.2, 0.25) is 0 Å². The van der Waals surface area contributed by atoms with E-state index < -0.39 is 5.54 Å². The first-order valence-electron chi connectivity index (χ1n) is 12.7. The van der Waals surface area contributed by atoms with Crippen molar-refractivity contribution in [1.29, 1.82) is 0 Å². The minimum atomic E-state index is -1.14. The first-order chi connectivity index (χ1) is 18.4. The number of aromatic nitrogens is 1. The Balaban J connectivity index is 1.23. The smallest absolute Gasteiger partial charge is 0.332 e. The summed E-state index contributed by atoms with van der Waals surface area (Å²) >= 11 is 0. The Morgan fingerprint density at radius 1 is 1.05 bits per heavy atom. The summed E-state index contributed by atoms with van der Waals surface area (Å²) < 4.78 is 5.18. The molecule has 2 aliphatic rings. The van der Waals surface area contributed by atoms with E-state index >= 15 is 0 Å². The average Bonchev–Trinajstić information content (AvgIpc) is 3.42. The maximum absolute atomic E-state index is 13.9. The molecule has 8 heteroatoms. The first kappa shape index (κ1) is 23.8. The lowest BCUT2D eigenvalue weighted by Gasteiger charge is -2.35. The number of para-hydroxylation sites is 1. The third-order valence-electron chi connectivity index (χ3n) is 7.69. The summed E-state index contributed by atoms with van der Waals surface area (Å²) in [7, 11) is 1.62. The fourth-order valence-corrected chi connectivity index (χ4v) is 5.62. The van der Waals surface area contributed by atoms with Crippen LogP contribution in [0, 0.1) is 0 Å². The van der Waals surface area contributed by atoms with E-state index in [-0.39, 0.29) is 17.8 Å². The van der Waals surface area contributed by atoms with Gasteiger partial charge in [-0.3, -0.25) is 9.59 Å². The quantitative estimate of drug-likeness (QED) is 0.378. The largest absolute Gasteiger partial charge is 0.497 e. The molecule has 4 amide bonds. The van der Waals surface area contributed by atoms with E-state index in [0.29, 0.717) is 37.2 Å². The Kier molecular flexibility index (Phi) is 5.67. The fourth-order valence-electron chi connectivity index (χ4n) is 5.62. The van der Waals surface area contributed by atoms with Crippen LogP contribution in [0.3, 0.4) is 0 Å². The standard InChI is InChI=1S/C30H28N4O4/c1-30-26-24(23-8-3-4-9-25(23)32-26)15-17-33(30)29(37)34(28(30)36)21-7-5-6-20(18-21)27(35)31-16-14-19-10-12-22(38-2)13-11-19/h3-13,18,32H,14-17H2,1-2H3,(H,31,35). The van der Waals surface area contributed by atoms with Gasteiger partial charge in [-0.15, -0.1) is 0 Å². The number of rotatable bonds is 6. The molecule has 0 aliphatic carbocycles. The topological polar surface area (TPSA) is 94.7 Å². The van der Waals surface area contributed by atoms with E-state index in [2.05, 4.69) is 10.3 Å². The molecule has 8 nitrogen and oxygen atoms in total. The lowest BCUT2D eigenvalue weighted by Crippen LogP contribution is -2.49. The normalized spacial score (nSPS) is 18.5. The van der Waals surface area contributed by atoms with Gasteiger partial charge in [0.1, 0.15) is 5.75 Å². The molecule has 192 valence electrons. The van der Waals surface area contributed by atoms with Crippen LogP contribution in [0.5, 0.6) is 5.75 Å². The number of H-pyrrole nitrogens is 1. The van der Waals surface area contributed by atoms with E-state index in [1.54, 1.807) is 43.2 Å². The highest BCUT2D eigenvalue weighted by Crippen LogP contribution is 2.45. The number of nitrogens with one attached hydrogen (secondary N) is 2. The number of methoxy groups -OCH3 is 1. The number of aromatic amines is 1. The number of fused-ring (bicyclic) bond motifs is 5.